The molecule has 2 atom stereocenters. The van der Waals surface area contributed by atoms with Gasteiger partial charge in [-0.3, -0.25) is 0 Å². The van der Waals surface area contributed by atoms with Crippen LogP contribution in [0.5, 0.6) is 0 Å². The zero-order valence-electron chi connectivity index (χ0n) is 28.1. The van der Waals surface area contributed by atoms with Crippen molar-refractivity contribution in [1.82, 2.24) is 0 Å². The van der Waals surface area contributed by atoms with Crippen LogP contribution < -0.4 is 0 Å². The summed E-state index contributed by atoms with van der Waals surface area (Å²) in [5, 5.41) is 0.456. The Hall–Kier alpha value is -0.800. The van der Waals surface area contributed by atoms with Crippen LogP contribution in [0.15, 0.2) is 0 Å². The van der Waals surface area contributed by atoms with E-state index >= 15 is 0 Å². The van der Waals surface area contributed by atoms with E-state index in [1.54, 1.807) is 11.0 Å². The molecule has 0 saturated heterocycles. The molecule has 3 aliphatic rings. The lowest BCUT2D eigenvalue weighted by atomic mass is 9.03. The van der Waals surface area contributed by atoms with Gasteiger partial charge in [-0.2, -0.15) is 0 Å². The van der Waals surface area contributed by atoms with Crippen molar-refractivity contribution in [2.75, 3.05) is 14.1 Å². The van der Waals surface area contributed by atoms with E-state index in [1.807, 2.05) is 0 Å². The first-order valence-electron chi connectivity index (χ1n) is 14.6. The van der Waals surface area contributed by atoms with Gasteiger partial charge in [-0.1, -0.05) is 83.1 Å². The highest BCUT2D eigenvalue weighted by molar-refractivity contribution is 7.32. The van der Waals surface area contributed by atoms with Crippen molar-refractivity contribution in [3.8, 4) is 0 Å². The first kappa shape index (κ1) is 29.8. The van der Waals surface area contributed by atoms with Crippen LogP contribution in [-0.2, 0) is 0 Å². The molecule has 0 N–H and O–H groups in total. The van der Waals surface area contributed by atoms with Crippen LogP contribution in [0.25, 0.3) is 0 Å². The second-order valence-electron chi connectivity index (χ2n) is 19.0. The fourth-order valence-corrected chi connectivity index (χ4v) is 9.93. The van der Waals surface area contributed by atoms with Crippen molar-refractivity contribution >= 4 is 36.9 Å². The van der Waals surface area contributed by atoms with Gasteiger partial charge in [0.25, 0.3) is 0 Å². The van der Waals surface area contributed by atoms with Gasteiger partial charge in [0.2, 0.25) is 0 Å². The summed E-state index contributed by atoms with van der Waals surface area (Å²) >= 11 is 0. The maximum absolute atomic E-state index is 2.95. The van der Waals surface area contributed by atoms with Crippen LogP contribution >= 0.6 is 0 Å². The summed E-state index contributed by atoms with van der Waals surface area (Å²) in [6, 6.07) is 0. The summed E-state index contributed by atoms with van der Waals surface area (Å²) in [7, 11) is 4.96. The van der Waals surface area contributed by atoms with Crippen LogP contribution in [0, 0.1) is 0 Å². The molecule has 3 rings (SSSR count). The van der Waals surface area contributed by atoms with Crippen LogP contribution in [0.3, 0.4) is 0 Å². The largest absolute Gasteiger partial charge is 0.650 e. The number of hydrogen-bond acceptors (Lipinski definition) is 0. The summed E-state index contributed by atoms with van der Waals surface area (Å²) in [5.41, 5.74) is 3.49. The van der Waals surface area contributed by atoms with Gasteiger partial charge < -0.3 is 17.8 Å². The Kier molecular flexibility index (Phi) is 6.15. The third-order valence-corrected chi connectivity index (χ3v) is 10.3. The molecule has 0 aromatic heterocycles. The molecule has 3 heterocycles. The molecule has 4 nitrogen and oxygen atoms in total. The Morgan fingerprint density at radius 2 is 0.667 bits per heavy atom. The standard InChI is InChI=1S/C28H60B4N4/c1-23(2,3)29-21-31(25(7,8)9,35(29)27(13,14)15)34(20)22-30(24(4,5)6)36(28(16,17)18)32(22,33(21)19)26(10,11)12/h1-20H3. The molecule has 0 bridgehead atoms. The number of nitrogens with zero attached hydrogens (tertiary/aromatic N) is 4. The van der Waals surface area contributed by atoms with E-state index in [2.05, 4.69) is 156 Å². The van der Waals surface area contributed by atoms with E-state index in [1.165, 1.54) is 0 Å². The first-order valence-corrected chi connectivity index (χ1v) is 14.6. The van der Waals surface area contributed by atoms with Gasteiger partial charge in [0.1, 0.15) is 0 Å². The summed E-state index contributed by atoms with van der Waals surface area (Å²) in [6.45, 7) is 45.2. The van der Waals surface area contributed by atoms with E-state index < -0.39 is 12.8 Å². The topological polar surface area (TPSA) is 12.0 Å². The predicted octanol–water partition coefficient (Wildman–Crippen LogP) is 6.58. The van der Waals surface area contributed by atoms with Gasteiger partial charge in [-0.25, -0.2) is 0 Å². The average molecular weight is 496 g/mol. The zero-order chi connectivity index (χ0) is 28.6. The Morgan fingerprint density at radius 1 is 0.444 bits per heavy atom. The number of fused-ring (bicyclic) bond motifs is 2. The SMILES string of the molecule is C[N+]1=C2[B-](C(C)(C)C)=[N+](C(C)(C)C)[B-]2(C(C)(C)C)[N+](C)=C2[B-](C(C)(C)C)=[N+](C(C)(C)C)[B-]21C(C)(C)C. The van der Waals surface area contributed by atoms with Crippen molar-refractivity contribution in [3.63, 3.8) is 0 Å². The predicted molar refractivity (Wildman–Crippen MR) is 164 cm³/mol. The van der Waals surface area contributed by atoms with Crippen molar-refractivity contribution < 1.29 is 17.8 Å². The lowest BCUT2D eigenvalue weighted by molar-refractivity contribution is -0.609. The van der Waals surface area contributed by atoms with Crippen LogP contribution in [-0.4, -0.2) is 79.8 Å². The summed E-state index contributed by atoms with van der Waals surface area (Å²) in [5.74, 6) is 0. The summed E-state index contributed by atoms with van der Waals surface area (Å²) < 4.78 is 11.7. The molecular weight excluding hydrogens is 436 g/mol. The van der Waals surface area contributed by atoms with Gasteiger partial charge in [-0.05, 0) is 63.2 Å². The van der Waals surface area contributed by atoms with Gasteiger partial charge in [0, 0.05) is 0 Å². The Bertz CT molecular complexity index is 1050. The smallest absolute Gasteiger partial charge is 0.527 e. The Balaban J connectivity index is 2.77. The second kappa shape index (κ2) is 7.44. The van der Waals surface area contributed by atoms with Gasteiger partial charge >= 0.3 is 12.8 Å². The molecule has 0 aromatic rings. The molecule has 0 spiro atoms. The Morgan fingerprint density at radius 3 is 0.806 bits per heavy atom. The molecule has 204 valence electrons. The zero-order valence-corrected chi connectivity index (χ0v) is 28.1. The molecule has 0 aromatic carbocycles. The Labute approximate surface area is 225 Å². The van der Waals surface area contributed by atoms with E-state index in [9.17, 15) is 0 Å². The van der Waals surface area contributed by atoms with Crippen molar-refractivity contribution in [1.29, 1.82) is 0 Å². The maximum atomic E-state index is 2.95. The fourth-order valence-electron chi connectivity index (χ4n) is 9.93. The third kappa shape index (κ3) is 3.36. The van der Waals surface area contributed by atoms with Gasteiger partial charge in [0.15, 0.2) is 13.0 Å². The van der Waals surface area contributed by atoms with Crippen molar-refractivity contribution in [2.45, 2.75) is 157 Å². The molecule has 0 radical (unpaired) electrons. The van der Waals surface area contributed by atoms with E-state index in [0.29, 0.717) is 13.0 Å². The van der Waals surface area contributed by atoms with Gasteiger partial charge in [-0.15, -0.1) is 10.6 Å². The highest BCUT2D eigenvalue weighted by atomic mass is 15.3. The van der Waals surface area contributed by atoms with E-state index in [4.69, 9.17) is 0 Å². The lowest BCUT2D eigenvalue weighted by Gasteiger charge is -2.74. The second-order valence-corrected chi connectivity index (χ2v) is 19.0. The molecule has 3 aliphatic heterocycles. The van der Waals surface area contributed by atoms with Crippen LogP contribution in [0.2, 0.25) is 21.3 Å². The molecule has 8 heteroatoms. The minimum atomic E-state index is -1.12. The van der Waals surface area contributed by atoms with Crippen LogP contribution in [0.1, 0.15) is 125 Å². The maximum Gasteiger partial charge on any atom is 0.527 e. The van der Waals surface area contributed by atoms with Crippen LogP contribution in [0.4, 0.5) is 0 Å². The van der Waals surface area contributed by atoms with Crippen molar-refractivity contribution in [3.05, 3.63) is 0 Å². The minimum Gasteiger partial charge on any atom is -0.650 e. The van der Waals surface area contributed by atoms with Crippen molar-refractivity contribution in [2.24, 2.45) is 0 Å². The average Bonchev–Trinajstić information content (AvgIpc) is 2.43. The number of hydrogen-bond donors (Lipinski definition) is 0. The minimum absolute atomic E-state index is 0.0593. The lowest BCUT2D eigenvalue weighted by Crippen LogP contribution is -2.96. The first-order chi connectivity index (χ1) is 15.5. The van der Waals surface area contributed by atoms with E-state index in [-0.39, 0.29) is 32.3 Å². The van der Waals surface area contributed by atoms with Gasteiger partial charge in [0.05, 0.1) is 25.2 Å². The molecule has 2 unspecified atom stereocenters. The molecule has 0 saturated carbocycles. The summed E-state index contributed by atoms with van der Waals surface area (Å²) in [4.78, 5) is 0. The highest BCUT2D eigenvalue weighted by Gasteiger charge is 2.79. The quantitative estimate of drug-likeness (QED) is 0.336. The fraction of sp³-hybridized carbons (Fsp3) is 0.929. The molecule has 0 amide bonds. The van der Waals surface area contributed by atoms with E-state index in [0.717, 1.165) is 0 Å². The third-order valence-electron chi connectivity index (χ3n) is 10.3. The monoisotopic (exact) mass is 497 g/mol. The number of rotatable bonds is 0. The normalized spacial score (nSPS) is 28.3. The molecule has 0 aliphatic carbocycles. The molecule has 36 heavy (non-hydrogen) atoms. The molecule has 0 fully saturated rings. The highest BCUT2D eigenvalue weighted by Crippen LogP contribution is 2.56. The summed E-state index contributed by atoms with van der Waals surface area (Å²) in [6.07, 6.45) is -2.25. The molecular formula is C28H60B4N4.